The highest BCUT2D eigenvalue weighted by Gasteiger charge is 2.20. The van der Waals surface area contributed by atoms with Gasteiger partial charge in [0.2, 0.25) is 0 Å². The molecule has 5 aromatic rings. The monoisotopic (exact) mass is 402 g/mol. The summed E-state index contributed by atoms with van der Waals surface area (Å²) in [5.74, 6) is 0.0363. The van der Waals surface area contributed by atoms with E-state index in [1.54, 1.807) is 6.92 Å². The fourth-order valence-corrected chi connectivity index (χ4v) is 4.17. The van der Waals surface area contributed by atoms with Crippen LogP contribution >= 0.6 is 0 Å². The van der Waals surface area contributed by atoms with Crippen LogP contribution in [0.3, 0.4) is 0 Å². The minimum Gasteiger partial charge on any atom is -0.318 e. The Morgan fingerprint density at radius 1 is 0.806 bits per heavy atom. The van der Waals surface area contributed by atoms with Crippen molar-refractivity contribution in [3.63, 3.8) is 0 Å². The summed E-state index contributed by atoms with van der Waals surface area (Å²) in [5.41, 5.74) is 7.02. The third kappa shape index (κ3) is 3.55. The van der Waals surface area contributed by atoms with Crippen LogP contribution in [0.15, 0.2) is 103 Å². The number of rotatable bonds is 5. The van der Waals surface area contributed by atoms with E-state index in [0.717, 1.165) is 38.9 Å². The molecule has 5 rings (SSSR count). The van der Waals surface area contributed by atoms with Crippen LogP contribution in [0.2, 0.25) is 0 Å². The van der Waals surface area contributed by atoms with E-state index < -0.39 is 0 Å². The van der Waals surface area contributed by atoms with Crippen molar-refractivity contribution in [1.29, 1.82) is 0 Å². The number of pyridine rings is 1. The molecule has 0 N–H and O–H groups in total. The van der Waals surface area contributed by atoms with Gasteiger partial charge in [-0.25, -0.2) is 4.98 Å². The molecule has 0 spiro atoms. The van der Waals surface area contributed by atoms with Gasteiger partial charge in [-0.1, -0.05) is 91.0 Å². The summed E-state index contributed by atoms with van der Waals surface area (Å²) in [7, 11) is 0. The molecular formula is C28H22N2O. The lowest BCUT2D eigenvalue weighted by Crippen LogP contribution is -2.08. The highest BCUT2D eigenvalue weighted by molar-refractivity contribution is 6.06. The fraction of sp³-hybridized carbons (Fsp3) is 0.0714. The molecule has 3 nitrogen and oxygen atoms in total. The molecule has 0 unspecified atom stereocenters. The van der Waals surface area contributed by atoms with Gasteiger partial charge in [-0.15, -0.1) is 0 Å². The molecule has 0 aliphatic rings. The molecular weight excluding hydrogens is 380 g/mol. The van der Waals surface area contributed by atoms with E-state index in [-0.39, 0.29) is 5.78 Å². The zero-order chi connectivity index (χ0) is 21.2. The maximum atomic E-state index is 12.6. The number of aromatic nitrogens is 2. The van der Waals surface area contributed by atoms with Crippen molar-refractivity contribution in [3.8, 4) is 22.3 Å². The van der Waals surface area contributed by atoms with E-state index >= 15 is 0 Å². The highest BCUT2D eigenvalue weighted by atomic mass is 16.1. The molecule has 3 heteroatoms. The van der Waals surface area contributed by atoms with Gasteiger partial charge in [-0.3, -0.25) is 4.79 Å². The molecule has 0 aliphatic heterocycles. The summed E-state index contributed by atoms with van der Waals surface area (Å²) in [6.45, 7) is 2.22. The minimum atomic E-state index is 0.0363. The summed E-state index contributed by atoms with van der Waals surface area (Å²) in [4.78, 5) is 17.4. The van der Waals surface area contributed by atoms with Crippen LogP contribution in [-0.2, 0) is 6.54 Å². The second-order valence-corrected chi connectivity index (χ2v) is 7.67. The van der Waals surface area contributed by atoms with Gasteiger partial charge < -0.3 is 4.57 Å². The smallest absolute Gasteiger partial charge is 0.176 e. The van der Waals surface area contributed by atoms with Crippen molar-refractivity contribution in [3.05, 3.63) is 115 Å². The minimum absolute atomic E-state index is 0.0363. The Bertz CT molecular complexity index is 1350. The lowest BCUT2D eigenvalue weighted by Gasteiger charge is -2.13. The Morgan fingerprint density at radius 3 is 2.00 bits per heavy atom. The second kappa shape index (κ2) is 8.04. The van der Waals surface area contributed by atoms with Crippen molar-refractivity contribution in [1.82, 2.24) is 9.55 Å². The maximum absolute atomic E-state index is 12.6. The van der Waals surface area contributed by atoms with Gasteiger partial charge in [0.15, 0.2) is 5.78 Å². The van der Waals surface area contributed by atoms with Gasteiger partial charge >= 0.3 is 0 Å². The second-order valence-electron chi connectivity index (χ2n) is 7.67. The lowest BCUT2D eigenvalue weighted by atomic mass is 9.94. The number of carbonyl (C=O) groups is 1. The van der Waals surface area contributed by atoms with Crippen molar-refractivity contribution in [2.45, 2.75) is 13.5 Å². The van der Waals surface area contributed by atoms with Gasteiger partial charge in [-0.2, -0.15) is 0 Å². The number of Topliss-reactive ketones (excluding diaryl/α,β-unsaturated/α-hetero) is 1. The van der Waals surface area contributed by atoms with E-state index in [1.165, 1.54) is 0 Å². The zero-order valence-corrected chi connectivity index (χ0v) is 17.3. The van der Waals surface area contributed by atoms with Crippen LogP contribution in [0.5, 0.6) is 0 Å². The first kappa shape index (κ1) is 19.0. The lowest BCUT2D eigenvalue weighted by molar-refractivity contribution is 0.101. The Morgan fingerprint density at radius 2 is 1.39 bits per heavy atom. The van der Waals surface area contributed by atoms with Crippen LogP contribution in [0, 0.1) is 0 Å². The molecule has 3 aromatic carbocycles. The fourth-order valence-electron chi connectivity index (χ4n) is 4.17. The van der Waals surface area contributed by atoms with Crippen LogP contribution in [-0.4, -0.2) is 15.3 Å². The predicted octanol–water partition coefficient (Wildman–Crippen LogP) is 6.62. The van der Waals surface area contributed by atoms with E-state index in [4.69, 9.17) is 4.98 Å². The summed E-state index contributed by atoms with van der Waals surface area (Å²) < 4.78 is 2.04. The number of fused-ring (bicyclic) bond motifs is 1. The van der Waals surface area contributed by atoms with E-state index in [9.17, 15) is 4.79 Å². The summed E-state index contributed by atoms with van der Waals surface area (Å²) in [5, 5.41) is 0.994. The number of hydrogen-bond donors (Lipinski definition) is 0. The average molecular weight is 402 g/mol. The first-order valence-corrected chi connectivity index (χ1v) is 10.4. The van der Waals surface area contributed by atoms with E-state index in [2.05, 4.69) is 36.4 Å². The van der Waals surface area contributed by atoms with Crippen molar-refractivity contribution >= 4 is 16.8 Å². The zero-order valence-electron chi connectivity index (χ0n) is 17.3. The normalized spacial score (nSPS) is 11.0. The van der Waals surface area contributed by atoms with E-state index in [0.29, 0.717) is 12.2 Å². The number of ketones is 1. The summed E-state index contributed by atoms with van der Waals surface area (Å²) >= 11 is 0. The summed E-state index contributed by atoms with van der Waals surface area (Å²) in [6, 6.07) is 32.8. The topological polar surface area (TPSA) is 34.9 Å². The molecule has 150 valence electrons. The van der Waals surface area contributed by atoms with Crippen LogP contribution < -0.4 is 0 Å². The highest BCUT2D eigenvalue weighted by Crippen LogP contribution is 2.38. The average Bonchev–Trinajstić information content (AvgIpc) is 3.19. The molecule has 0 saturated carbocycles. The molecule has 2 aromatic heterocycles. The SMILES string of the molecule is CC(=O)c1cc2c(-c3ccccc3)c(-c3ccccc3)cnc2n1Cc1ccccc1. The van der Waals surface area contributed by atoms with E-state index in [1.807, 2.05) is 71.4 Å². The van der Waals surface area contributed by atoms with Crippen LogP contribution in [0.25, 0.3) is 33.3 Å². The molecule has 0 bridgehead atoms. The van der Waals surface area contributed by atoms with Gasteiger partial charge in [0, 0.05) is 36.2 Å². The molecule has 0 atom stereocenters. The first-order chi connectivity index (χ1) is 15.2. The third-order valence-corrected chi connectivity index (χ3v) is 5.61. The molecule has 0 amide bonds. The molecule has 0 radical (unpaired) electrons. The first-order valence-electron chi connectivity index (χ1n) is 10.4. The number of carbonyl (C=O) groups excluding carboxylic acids is 1. The number of benzene rings is 3. The van der Waals surface area contributed by atoms with Crippen molar-refractivity contribution < 1.29 is 4.79 Å². The standard InChI is InChI=1S/C28H22N2O/c1-20(31)26-17-24-27(23-15-9-4-10-16-23)25(22-13-7-3-8-14-22)18-29-28(24)30(26)19-21-11-5-2-6-12-21/h2-18H,19H2,1H3. The Balaban J connectivity index is 1.81. The molecule has 0 saturated heterocycles. The summed E-state index contributed by atoms with van der Waals surface area (Å²) in [6.07, 6.45) is 1.94. The molecule has 2 heterocycles. The quantitative estimate of drug-likeness (QED) is 0.310. The molecule has 31 heavy (non-hydrogen) atoms. The molecule has 0 fully saturated rings. The van der Waals surface area contributed by atoms with Gasteiger partial charge in [0.1, 0.15) is 5.65 Å². The van der Waals surface area contributed by atoms with Crippen LogP contribution in [0.4, 0.5) is 0 Å². The van der Waals surface area contributed by atoms with Gasteiger partial charge in [-0.05, 0) is 22.8 Å². The predicted molar refractivity (Wildman–Crippen MR) is 126 cm³/mol. The Labute approximate surface area is 181 Å². The Kier molecular flexibility index (Phi) is 4.93. The van der Waals surface area contributed by atoms with Gasteiger partial charge in [0.25, 0.3) is 0 Å². The molecule has 0 aliphatic carbocycles. The van der Waals surface area contributed by atoms with Crippen LogP contribution in [0.1, 0.15) is 23.0 Å². The maximum Gasteiger partial charge on any atom is 0.176 e. The number of hydrogen-bond acceptors (Lipinski definition) is 2. The van der Waals surface area contributed by atoms with Gasteiger partial charge in [0.05, 0.1) is 5.69 Å². The number of nitrogens with zero attached hydrogens (tertiary/aromatic N) is 2. The largest absolute Gasteiger partial charge is 0.318 e. The Hall–Kier alpha value is -3.98. The van der Waals surface area contributed by atoms with Crippen molar-refractivity contribution in [2.75, 3.05) is 0 Å². The van der Waals surface area contributed by atoms with Crippen molar-refractivity contribution in [2.24, 2.45) is 0 Å². The third-order valence-electron chi connectivity index (χ3n) is 5.61.